The zero-order chi connectivity index (χ0) is 12.3. The van der Waals surface area contributed by atoms with Gasteiger partial charge in [0.25, 0.3) is 0 Å². The first kappa shape index (κ1) is 12.1. The second-order valence-electron chi connectivity index (χ2n) is 3.82. The SMILES string of the molecule is CNCCc1nnc(-c2ccc(Cl)c(C)c2)o1. The lowest BCUT2D eigenvalue weighted by Gasteiger charge is -1.99. The highest BCUT2D eigenvalue weighted by Crippen LogP contribution is 2.23. The van der Waals surface area contributed by atoms with Crippen LogP contribution < -0.4 is 5.32 Å². The lowest BCUT2D eigenvalue weighted by molar-refractivity contribution is 0.500. The Balaban J connectivity index is 2.21. The molecule has 0 saturated heterocycles. The van der Waals surface area contributed by atoms with Gasteiger partial charge in [-0.15, -0.1) is 10.2 Å². The number of hydrogen-bond acceptors (Lipinski definition) is 4. The van der Waals surface area contributed by atoms with Gasteiger partial charge in [0.15, 0.2) is 0 Å². The van der Waals surface area contributed by atoms with Crippen LogP contribution in [0.3, 0.4) is 0 Å². The molecule has 0 aliphatic rings. The summed E-state index contributed by atoms with van der Waals surface area (Å²) in [6.07, 6.45) is 0.732. The van der Waals surface area contributed by atoms with E-state index in [1.807, 2.05) is 32.2 Å². The van der Waals surface area contributed by atoms with Crippen LogP contribution in [0.5, 0.6) is 0 Å². The van der Waals surface area contributed by atoms with E-state index in [0.717, 1.165) is 29.1 Å². The van der Waals surface area contributed by atoms with E-state index in [0.29, 0.717) is 11.8 Å². The Labute approximate surface area is 105 Å². The van der Waals surface area contributed by atoms with Crippen LogP contribution in [0.25, 0.3) is 11.5 Å². The molecular weight excluding hydrogens is 238 g/mol. The molecule has 0 atom stereocenters. The molecule has 90 valence electrons. The average Bonchev–Trinajstić information content (AvgIpc) is 2.79. The molecule has 0 amide bonds. The summed E-state index contributed by atoms with van der Waals surface area (Å²) in [5.74, 6) is 1.18. The van der Waals surface area contributed by atoms with E-state index >= 15 is 0 Å². The van der Waals surface area contributed by atoms with Crippen molar-refractivity contribution < 1.29 is 4.42 Å². The highest BCUT2D eigenvalue weighted by molar-refractivity contribution is 6.31. The molecular formula is C12H14ClN3O. The number of hydrogen-bond donors (Lipinski definition) is 1. The molecule has 0 unspecified atom stereocenters. The predicted molar refractivity (Wildman–Crippen MR) is 67.1 cm³/mol. The highest BCUT2D eigenvalue weighted by atomic mass is 35.5. The second kappa shape index (κ2) is 5.29. The first-order chi connectivity index (χ1) is 8.20. The number of rotatable bonds is 4. The van der Waals surface area contributed by atoms with Crippen molar-refractivity contribution in [1.29, 1.82) is 0 Å². The minimum Gasteiger partial charge on any atom is -0.421 e. The number of nitrogens with one attached hydrogen (secondary N) is 1. The van der Waals surface area contributed by atoms with Crippen molar-refractivity contribution in [1.82, 2.24) is 15.5 Å². The van der Waals surface area contributed by atoms with Crippen LogP contribution in [-0.4, -0.2) is 23.8 Å². The molecule has 1 N–H and O–H groups in total. The third-order valence-electron chi connectivity index (χ3n) is 2.46. The Morgan fingerprint density at radius 3 is 2.88 bits per heavy atom. The van der Waals surface area contributed by atoms with Gasteiger partial charge in [0.1, 0.15) is 0 Å². The van der Waals surface area contributed by atoms with Crippen LogP contribution in [-0.2, 0) is 6.42 Å². The lowest BCUT2D eigenvalue weighted by Crippen LogP contribution is -2.10. The van der Waals surface area contributed by atoms with Crippen molar-refractivity contribution >= 4 is 11.6 Å². The maximum Gasteiger partial charge on any atom is 0.247 e. The average molecular weight is 252 g/mol. The molecule has 4 nitrogen and oxygen atoms in total. The fraction of sp³-hybridized carbons (Fsp3) is 0.333. The lowest BCUT2D eigenvalue weighted by atomic mass is 10.1. The van der Waals surface area contributed by atoms with Crippen LogP contribution in [0.15, 0.2) is 22.6 Å². The molecule has 17 heavy (non-hydrogen) atoms. The Bertz CT molecular complexity index is 510. The summed E-state index contributed by atoms with van der Waals surface area (Å²) in [6.45, 7) is 2.77. The van der Waals surface area contributed by atoms with Gasteiger partial charge in [-0.05, 0) is 37.7 Å². The third-order valence-corrected chi connectivity index (χ3v) is 2.88. The number of benzene rings is 1. The van der Waals surface area contributed by atoms with Crippen molar-refractivity contribution in [3.05, 3.63) is 34.7 Å². The second-order valence-corrected chi connectivity index (χ2v) is 4.23. The Morgan fingerprint density at radius 2 is 2.18 bits per heavy atom. The van der Waals surface area contributed by atoms with Gasteiger partial charge >= 0.3 is 0 Å². The zero-order valence-corrected chi connectivity index (χ0v) is 10.6. The van der Waals surface area contributed by atoms with Crippen molar-refractivity contribution in [2.24, 2.45) is 0 Å². The van der Waals surface area contributed by atoms with Crippen LogP contribution in [0.2, 0.25) is 5.02 Å². The third kappa shape index (κ3) is 2.84. The molecule has 2 rings (SSSR count). The topological polar surface area (TPSA) is 51.0 Å². The summed E-state index contributed by atoms with van der Waals surface area (Å²) in [6, 6.07) is 5.66. The van der Waals surface area contributed by atoms with Gasteiger partial charge in [0.05, 0.1) is 0 Å². The van der Waals surface area contributed by atoms with Gasteiger partial charge in [-0.25, -0.2) is 0 Å². The molecule has 0 aliphatic carbocycles. The van der Waals surface area contributed by atoms with E-state index in [2.05, 4.69) is 15.5 Å². The van der Waals surface area contributed by atoms with E-state index in [1.165, 1.54) is 0 Å². The van der Waals surface area contributed by atoms with Gasteiger partial charge in [-0.2, -0.15) is 0 Å². The van der Waals surface area contributed by atoms with Crippen molar-refractivity contribution in [3.8, 4) is 11.5 Å². The van der Waals surface area contributed by atoms with Crippen LogP contribution in [0, 0.1) is 6.92 Å². The van der Waals surface area contributed by atoms with E-state index in [4.69, 9.17) is 16.0 Å². The summed E-state index contributed by atoms with van der Waals surface area (Å²) in [4.78, 5) is 0. The molecule has 0 saturated carbocycles. The number of likely N-dealkylation sites (N-methyl/N-ethyl adjacent to an activating group) is 1. The van der Waals surface area contributed by atoms with Crippen LogP contribution >= 0.6 is 11.6 Å². The number of aryl methyl sites for hydroxylation is 1. The summed E-state index contributed by atoms with van der Waals surface area (Å²) in [7, 11) is 1.89. The standard InChI is InChI=1S/C12H14ClN3O/c1-8-7-9(3-4-10(8)13)12-16-15-11(17-12)5-6-14-2/h3-4,7,14H,5-6H2,1-2H3. The van der Waals surface area contributed by atoms with Gasteiger partial charge < -0.3 is 9.73 Å². The molecule has 0 spiro atoms. The summed E-state index contributed by atoms with van der Waals surface area (Å²) < 4.78 is 5.56. The molecule has 0 fully saturated rings. The predicted octanol–water partition coefficient (Wildman–Crippen LogP) is 2.46. The molecule has 5 heteroatoms. The van der Waals surface area contributed by atoms with E-state index in [1.54, 1.807) is 0 Å². The smallest absolute Gasteiger partial charge is 0.247 e. The quantitative estimate of drug-likeness (QED) is 0.907. The monoisotopic (exact) mass is 251 g/mol. The Morgan fingerprint density at radius 1 is 1.35 bits per heavy atom. The highest BCUT2D eigenvalue weighted by Gasteiger charge is 2.09. The molecule has 2 aromatic rings. The maximum absolute atomic E-state index is 5.97. The molecule has 1 aromatic heterocycles. The molecule has 1 aromatic carbocycles. The minimum atomic E-state index is 0.538. The van der Waals surface area contributed by atoms with Gasteiger partial charge in [-0.3, -0.25) is 0 Å². The van der Waals surface area contributed by atoms with E-state index < -0.39 is 0 Å². The summed E-state index contributed by atoms with van der Waals surface area (Å²) in [5.41, 5.74) is 1.90. The first-order valence-electron chi connectivity index (χ1n) is 5.44. The zero-order valence-electron chi connectivity index (χ0n) is 9.83. The number of halogens is 1. The van der Waals surface area contributed by atoms with E-state index in [-0.39, 0.29) is 0 Å². The Kier molecular flexibility index (Phi) is 3.76. The molecule has 0 radical (unpaired) electrons. The van der Waals surface area contributed by atoms with Crippen molar-refractivity contribution in [2.75, 3.05) is 13.6 Å². The number of nitrogens with zero attached hydrogens (tertiary/aromatic N) is 2. The number of aromatic nitrogens is 2. The summed E-state index contributed by atoms with van der Waals surface area (Å²) in [5, 5.41) is 11.8. The molecule has 0 aliphatic heterocycles. The Hall–Kier alpha value is -1.39. The van der Waals surface area contributed by atoms with Crippen molar-refractivity contribution in [2.45, 2.75) is 13.3 Å². The largest absolute Gasteiger partial charge is 0.421 e. The van der Waals surface area contributed by atoms with Gasteiger partial charge in [0.2, 0.25) is 11.8 Å². The first-order valence-corrected chi connectivity index (χ1v) is 5.82. The fourth-order valence-electron chi connectivity index (χ4n) is 1.48. The van der Waals surface area contributed by atoms with Gasteiger partial charge in [0, 0.05) is 23.6 Å². The maximum atomic E-state index is 5.97. The van der Waals surface area contributed by atoms with E-state index in [9.17, 15) is 0 Å². The minimum absolute atomic E-state index is 0.538. The summed E-state index contributed by atoms with van der Waals surface area (Å²) >= 11 is 5.97. The van der Waals surface area contributed by atoms with Crippen LogP contribution in [0.4, 0.5) is 0 Å². The van der Waals surface area contributed by atoms with Crippen molar-refractivity contribution in [3.63, 3.8) is 0 Å². The fourth-order valence-corrected chi connectivity index (χ4v) is 1.60. The normalized spacial score (nSPS) is 10.8. The van der Waals surface area contributed by atoms with Crippen LogP contribution in [0.1, 0.15) is 11.5 Å². The molecule has 0 bridgehead atoms. The van der Waals surface area contributed by atoms with Gasteiger partial charge in [-0.1, -0.05) is 11.6 Å². The molecule has 1 heterocycles.